The van der Waals surface area contributed by atoms with Gasteiger partial charge in [0.1, 0.15) is 5.75 Å². The number of imidazole rings is 1. The molecule has 10 heteroatoms. The summed E-state index contributed by atoms with van der Waals surface area (Å²) in [5.74, 6) is 0.481. The zero-order valence-corrected chi connectivity index (χ0v) is 19.2. The quantitative estimate of drug-likeness (QED) is 0.456. The highest BCUT2D eigenvalue weighted by Crippen LogP contribution is 2.23. The van der Waals surface area contributed by atoms with Crippen LogP contribution in [0.15, 0.2) is 38.6 Å². The minimum atomic E-state index is -0.554. The Kier molecular flexibility index (Phi) is 5.84. The van der Waals surface area contributed by atoms with Gasteiger partial charge >= 0.3 is 5.69 Å². The molecule has 0 spiro atoms. The van der Waals surface area contributed by atoms with Crippen molar-refractivity contribution in [3.8, 4) is 11.6 Å². The highest BCUT2D eigenvalue weighted by molar-refractivity contribution is 5.76. The third-order valence-electron chi connectivity index (χ3n) is 5.87. The average Bonchev–Trinajstić information content (AvgIpc) is 3.21. The fourth-order valence-electron chi connectivity index (χ4n) is 4.18. The minimum absolute atomic E-state index is 0.0756. The zero-order valence-electron chi connectivity index (χ0n) is 19.2. The molecule has 10 nitrogen and oxygen atoms in total. The van der Waals surface area contributed by atoms with Crippen LogP contribution in [0.5, 0.6) is 11.6 Å². The van der Waals surface area contributed by atoms with Crippen LogP contribution in [0.2, 0.25) is 0 Å². The first-order valence-corrected chi connectivity index (χ1v) is 11.0. The second-order valence-electron chi connectivity index (χ2n) is 7.79. The second-order valence-corrected chi connectivity index (χ2v) is 7.79. The molecule has 0 fully saturated rings. The maximum absolute atomic E-state index is 13.4. The van der Waals surface area contributed by atoms with Crippen LogP contribution < -0.4 is 21.5 Å². The van der Waals surface area contributed by atoms with Crippen LogP contribution in [0.4, 0.5) is 0 Å². The topological polar surface area (TPSA) is 113 Å². The number of aromatic hydroxyl groups is 1. The molecule has 3 heterocycles. The van der Waals surface area contributed by atoms with Crippen LogP contribution in [-0.2, 0) is 26.1 Å². The lowest BCUT2D eigenvalue weighted by Gasteiger charge is -2.13. The van der Waals surface area contributed by atoms with Crippen molar-refractivity contribution in [1.29, 1.82) is 0 Å². The first-order chi connectivity index (χ1) is 15.9. The Labute approximate surface area is 188 Å². The largest absolute Gasteiger partial charge is 0.497 e. The molecule has 33 heavy (non-hydrogen) atoms. The summed E-state index contributed by atoms with van der Waals surface area (Å²) in [5, 5.41) is 11.1. The third-order valence-corrected chi connectivity index (χ3v) is 5.87. The predicted molar refractivity (Wildman–Crippen MR) is 125 cm³/mol. The van der Waals surface area contributed by atoms with Crippen LogP contribution in [-0.4, -0.2) is 35.3 Å². The summed E-state index contributed by atoms with van der Waals surface area (Å²) in [4.78, 5) is 44.0. The van der Waals surface area contributed by atoms with Gasteiger partial charge in [0, 0.05) is 13.1 Å². The summed E-state index contributed by atoms with van der Waals surface area (Å²) in [5.41, 5.74) is -0.168. The molecule has 0 atom stereocenters. The number of aryl methyl sites for hydroxylation is 1. The van der Waals surface area contributed by atoms with Gasteiger partial charge in [0.25, 0.3) is 11.1 Å². The van der Waals surface area contributed by atoms with Gasteiger partial charge in [-0.05, 0) is 38.0 Å². The Morgan fingerprint density at radius 2 is 1.61 bits per heavy atom. The standard InChI is InChI=1S/C23H27N5O5/c1-5-8-16-19(29)27(13-14-9-11-15(33-4)12-10-14)22-24-18-17(28(22)20(16)30)21(31)26(7-3)23(32)25(18)6-2/h9-12,30H,5-8,13H2,1-4H3. The number of nitrogens with zero attached hydrogens (tertiary/aromatic N) is 5. The molecule has 0 aliphatic heterocycles. The normalized spacial score (nSPS) is 11.5. The third kappa shape index (κ3) is 3.42. The van der Waals surface area contributed by atoms with Gasteiger partial charge in [0.05, 0.1) is 19.2 Å². The molecule has 0 aliphatic rings. The summed E-state index contributed by atoms with van der Waals surface area (Å²) < 4.78 is 10.4. The SMILES string of the molecule is CCCc1c(O)n2c3c(=O)n(CC)c(=O)n(CC)c3nc2n(Cc2ccc(OC)cc2)c1=O. The summed E-state index contributed by atoms with van der Waals surface area (Å²) in [6.45, 7) is 6.02. The minimum Gasteiger partial charge on any atom is -0.497 e. The van der Waals surface area contributed by atoms with Crippen molar-refractivity contribution in [3.63, 3.8) is 0 Å². The van der Waals surface area contributed by atoms with E-state index < -0.39 is 11.2 Å². The number of methoxy groups -OCH3 is 1. The van der Waals surface area contributed by atoms with E-state index in [0.29, 0.717) is 18.6 Å². The Bertz CT molecular complexity index is 1520. The molecule has 0 aliphatic carbocycles. The van der Waals surface area contributed by atoms with Crippen LogP contribution >= 0.6 is 0 Å². The van der Waals surface area contributed by atoms with E-state index in [1.807, 2.05) is 19.1 Å². The highest BCUT2D eigenvalue weighted by Gasteiger charge is 2.24. The molecule has 4 rings (SSSR count). The number of hydrogen-bond acceptors (Lipinski definition) is 6. The van der Waals surface area contributed by atoms with Gasteiger partial charge in [-0.15, -0.1) is 0 Å². The van der Waals surface area contributed by atoms with Gasteiger partial charge in [-0.1, -0.05) is 25.5 Å². The summed E-state index contributed by atoms with van der Waals surface area (Å²) in [6.07, 6.45) is 0.959. The number of aromatic nitrogens is 5. The van der Waals surface area contributed by atoms with E-state index >= 15 is 0 Å². The lowest BCUT2D eigenvalue weighted by Crippen LogP contribution is -2.39. The summed E-state index contributed by atoms with van der Waals surface area (Å²) >= 11 is 0. The van der Waals surface area contributed by atoms with Crippen LogP contribution in [0, 0.1) is 0 Å². The molecule has 0 saturated carbocycles. The van der Waals surface area contributed by atoms with Crippen LogP contribution in [0.3, 0.4) is 0 Å². The lowest BCUT2D eigenvalue weighted by molar-refractivity contribution is 0.414. The molecule has 174 valence electrons. The van der Waals surface area contributed by atoms with Gasteiger partial charge in [-0.3, -0.25) is 23.3 Å². The summed E-state index contributed by atoms with van der Waals surface area (Å²) in [7, 11) is 1.58. The highest BCUT2D eigenvalue weighted by atomic mass is 16.5. The molecule has 0 saturated heterocycles. The second kappa shape index (κ2) is 8.61. The number of rotatable bonds is 7. The first-order valence-electron chi connectivity index (χ1n) is 11.0. The monoisotopic (exact) mass is 453 g/mol. The number of ether oxygens (including phenoxy) is 1. The molecule has 0 amide bonds. The van der Waals surface area contributed by atoms with E-state index in [9.17, 15) is 19.5 Å². The van der Waals surface area contributed by atoms with E-state index in [1.54, 1.807) is 33.1 Å². The molecule has 0 radical (unpaired) electrons. The average molecular weight is 453 g/mol. The van der Waals surface area contributed by atoms with E-state index in [0.717, 1.165) is 10.1 Å². The predicted octanol–water partition coefficient (Wildman–Crippen LogP) is 1.73. The zero-order chi connectivity index (χ0) is 23.9. The Morgan fingerprint density at radius 3 is 2.18 bits per heavy atom. The van der Waals surface area contributed by atoms with E-state index in [-0.39, 0.29) is 53.6 Å². The van der Waals surface area contributed by atoms with E-state index in [1.165, 1.54) is 13.5 Å². The van der Waals surface area contributed by atoms with Crippen LogP contribution in [0.25, 0.3) is 16.9 Å². The van der Waals surface area contributed by atoms with Crippen molar-refractivity contribution in [2.45, 2.75) is 53.2 Å². The number of hydrogen-bond donors (Lipinski definition) is 1. The smallest absolute Gasteiger partial charge is 0.332 e. The van der Waals surface area contributed by atoms with Crippen molar-refractivity contribution in [3.05, 3.63) is 66.6 Å². The van der Waals surface area contributed by atoms with Crippen molar-refractivity contribution in [1.82, 2.24) is 23.1 Å². The molecular weight excluding hydrogens is 426 g/mol. The molecule has 0 bridgehead atoms. The maximum atomic E-state index is 13.4. The molecule has 1 aromatic carbocycles. The van der Waals surface area contributed by atoms with Crippen molar-refractivity contribution >= 4 is 16.9 Å². The molecule has 0 unspecified atom stereocenters. The van der Waals surface area contributed by atoms with Gasteiger partial charge in [-0.2, -0.15) is 4.98 Å². The van der Waals surface area contributed by atoms with Crippen LogP contribution in [0.1, 0.15) is 38.3 Å². The van der Waals surface area contributed by atoms with Gasteiger partial charge < -0.3 is 9.84 Å². The molecular formula is C23H27N5O5. The first kappa shape index (κ1) is 22.4. The van der Waals surface area contributed by atoms with E-state index in [4.69, 9.17) is 4.74 Å². The van der Waals surface area contributed by atoms with Crippen molar-refractivity contribution < 1.29 is 9.84 Å². The fourth-order valence-corrected chi connectivity index (χ4v) is 4.18. The number of fused-ring (bicyclic) bond motifs is 3. The molecule has 1 N–H and O–H groups in total. The van der Waals surface area contributed by atoms with Crippen molar-refractivity contribution in [2.75, 3.05) is 7.11 Å². The fraction of sp³-hybridized carbons (Fsp3) is 0.391. The van der Waals surface area contributed by atoms with E-state index in [2.05, 4.69) is 4.98 Å². The van der Waals surface area contributed by atoms with Gasteiger partial charge in [0.2, 0.25) is 11.7 Å². The molecule has 4 aromatic rings. The summed E-state index contributed by atoms with van der Waals surface area (Å²) in [6, 6.07) is 7.26. The number of benzene rings is 1. The lowest BCUT2D eigenvalue weighted by atomic mass is 10.1. The maximum Gasteiger partial charge on any atom is 0.332 e. The Morgan fingerprint density at radius 1 is 0.939 bits per heavy atom. The van der Waals surface area contributed by atoms with Gasteiger partial charge in [-0.25, -0.2) is 9.20 Å². The van der Waals surface area contributed by atoms with Gasteiger partial charge in [0.15, 0.2) is 11.2 Å². The Balaban J connectivity index is 2.15. The molecule has 3 aromatic heterocycles. The van der Waals surface area contributed by atoms with Crippen molar-refractivity contribution in [2.24, 2.45) is 0 Å². The Hall–Kier alpha value is -3.82.